The maximum atomic E-state index is 5.88. The molecule has 0 N–H and O–H groups in total. The van der Waals surface area contributed by atoms with Crippen LogP contribution < -0.4 is 0 Å². The highest BCUT2D eigenvalue weighted by atomic mass is 16.3. The summed E-state index contributed by atoms with van der Waals surface area (Å²) in [5, 5.41) is 4.60. The topological polar surface area (TPSA) is 47.1 Å². The van der Waals surface area contributed by atoms with Crippen molar-refractivity contribution in [3.05, 3.63) is 47.6 Å². The van der Waals surface area contributed by atoms with E-state index < -0.39 is 0 Å². The monoisotopic (exact) mass is 310 g/mol. The minimum atomic E-state index is 0.503. The van der Waals surface area contributed by atoms with Crippen LogP contribution in [0.3, 0.4) is 0 Å². The zero-order valence-electron chi connectivity index (χ0n) is 13.7. The molecule has 0 radical (unpaired) electrons. The first-order valence-corrected chi connectivity index (χ1v) is 8.28. The summed E-state index contributed by atoms with van der Waals surface area (Å²) in [7, 11) is 0. The highest BCUT2D eigenvalue weighted by Crippen LogP contribution is 2.23. The van der Waals surface area contributed by atoms with E-state index in [1.165, 1.54) is 18.5 Å². The number of aryl methyl sites for hydroxylation is 2. The first-order valence-electron chi connectivity index (χ1n) is 8.28. The molecule has 1 aliphatic heterocycles. The van der Waals surface area contributed by atoms with Crippen molar-refractivity contribution in [1.82, 2.24) is 19.7 Å². The van der Waals surface area contributed by atoms with Crippen molar-refractivity contribution in [3.63, 3.8) is 0 Å². The van der Waals surface area contributed by atoms with Gasteiger partial charge in [-0.2, -0.15) is 5.10 Å². The lowest BCUT2D eigenvalue weighted by atomic mass is 10.2. The number of hydrogen-bond donors (Lipinski definition) is 0. The fourth-order valence-corrected chi connectivity index (χ4v) is 3.53. The standard InChI is InChI=1S/C18H22N4O/c1-13-10-14(2)22(20-13)11-15-6-5-9-21(15)12-18-19-16-7-3-4-8-17(16)23-18/h3-4,7-8,10,15H,5-6,9,11-12H2,1-2H3. The van der Waals surface area contributed by atoms with E-state index in [2.05, 4.69) is 32.7 Å². The minimum absolute atomic E-state index is 0.503. The van der Waals surface area contributed by atoms with Gasteiger partial charge in [0.1, 0.15) is 5.52 Å². The average molecular weight is 310 g/mol. The van der Waals surface area contributed by atoms with Gasteiger partial charge in [-0.25, -0.2) is 4.98 Å². The second-order valence-corrected chi connectivity index (χ2v) is 6.45. The predicted octanol–water partition coefficient (Wildman–Crippen LogP) is 3.31. The molecule has 5 heteroatoms. The van der Waals surface area contributed by atoms with Crippen LogP contribution >= 0.6 is 0 Å². The Balaban J connectivity index is 1.50. The van der Waals surface area contributed by atoms with Crippen LogP contribution in [0.25, 0.3) is 11.1 Å². The SMILES string of the molecule is Cc1cc(C)n(CC2CCCN2Cc2nc3ccccc3o2)n1. The molecular weight excluding hydrogens is 288 g/mol. The summed E-state index contributed by atoms with van der Waals surface area (Å²) < 4.78 is 8.01. The largest absolute Gasteiger partial charge is 0.439 e. The highest BCUT2D eigenvalue weighted by Gasteiger charge is 2.27. The summed E-state index contributed by atoms with van der Waals surface area (Å²) in [6, 6.07) is 10.6. The van der Waals surface area contributed by atoms with Gasteiger partial charge in [-0.1, -0.05) is 12.1 Å². The van der Waals surface area contributed by atoms with Gasteiger partial charge in [-0.05, 0) is 51.4 Å². The number of para-hydroxylation sites is 2. The normalized spacial score (nSPS) is 19.0. The van der Waals surface area contributed by atoms with E-state index in [1.54, 1.807) is 0 Å². The van der Waals surface area contributed by atoms with E-state index in [9.17, 15) is 0 Å². The molecule has 1 aliphatic rings. The van der Waals surface area contributed by atoms with Gasteiger partial charge in [-0.3, -0.25) is 9.58 Å². The lowest BCUT2D eigenvalue weighted by Gasteiger charge is -2.23. The Kier molecular flexibility index (Phi) is 3.65. The Morgan fingerprint density at radius 2 is 2.13 bits per heavy atom. The molecule has 3 aromatic rings. The second-order valence-electron chi connectivity index (χ2n) is 6.45. The molecule has 1 saturated heterocycles. The molecule has 2 aromatic heterocycles. The minimum Gasteiger partial charge on any atom is -0.439 e. The fourth-order valence-electron chi connectivity index (χ4n) is 3.53. The number of likely N-dealkylation sites (tertiary alicyclic amines) is 1. The van der Waals surface area contributed by atoms with E-state index in [-0.39, 0.29) is 0 Å². The Hall–Kier alpha value is -2.14. The molecule has 1 atom stereocenters. The van der Waals surface area contributed by atoms with Crippen LogP contribution in [-0.2, 0) is 13.1 Å². The maximum Gasteiger partial charge on any atom is 0.209 e. The van der Waals surface area contributed by atoms with Crippen LogP contribution in [-0.4, -0.2) is 32.3 Å². The van der Waals surface area contributed by atoms with E-state index in [0.29, 0.717) is 6.04 Å². The van der Waals surface area contributed by atoms with E-state index in [0.717, 1.165) is 42.3 Å². The van der Waals surface area contributed by atoms with Gasteiger partial charge >= 0.3 is 0 Å². The van der Waals surface area contributed by atoms with Crippen molar-refractivity contribution in [1.29, 1.82) is 0 Å². The molecule has 0 aliphatic carbocycles. The third-order valence-corrected chi connectivity index (χ3v) is 4.66. The predicted molar refractivity (Wildman–Crippen MR) is 89.1 cm³/mol. The van der Waals surface area contributed by atoms with Crippen LogP contribution in [0.1, 0.15) is 30.1 Å². The van der Waals surface area contributed by atoms with Crippen molar-refractivity contribution >= 4 is 11.1 Å². The molecule has 0 amide bonds. The molecule has 5 nitrogen and oxygen atoms in total. The Bertz CT molecular complexity index is 786. The summed E-state index contributed by atoms with van der Waals surface area (Å²) >= 11 is 0. The molecule has 4 rings (SSSR count). The third kappa shape index (κ3) is 2.88. The number of oxazole rings is 1. The lowest BCUT2D eigenvalue weighted by molar-refractivity contribution is 0.200. The number of rotatable bonds is 4. The van der Waals surface area contributed by atoms with Crippen molar-refractivity contribution in [3.8, 4) is 0 Å². The molecule has 1 fully saturated rings. The molecule has 3 heterocycles. The van der Waals surface area contributed by atoms with Gasteiger partial charge in [0.15, 0.2) is 5.58 Å². The molecule has 0 bridgehead atoms. The fraction of sp³-hybridized carbons (Fsp3) is 0.444. The van der Waals surface area contributed by atoms with Gasteiger partial charge in [-0.15, -0.1) is 0 Å². The molecule has 23 heavy (non-hydrogen) atoms. The van der Waals surface area contributed by atoms with Gasteiger partial charge in [0, 0.05) is 11.7 Å². The van der Waals surface area contributed by atoms with Crippen LogP contribution in [0.15, 0.2) is 34.7 Å². The average Bonchev–Trinajstić information content (AvgIpc) is 3.20. The van der Waals surface area contributed by atoms with E-state index in [1.807, 2.05) is 31.2 Å². The van der Waals surface area contributed by atoms with Crippen molar-refractivity contribution in [2.75, 3.05) is 6.54 Å². The molecule has 0 saturated carbocycles. The summed E-state index contributed by atoms with van der Waals surface area (Å²) in [5.41, 5.74) is 4.13. The van der Waals surface area contributed by atoms with Gasteiger partial charge in [0.2, 0.25) is 5.89 Å². The van der Waals surface area contributed by atoms with Crippen molar-refractivity contribution in [2.45, 2.75) is 45.8 Å². The Labute approximate surface area is 135 Å². The van der Waals surface area contributed by atoms with Crippen LogP contribution in [0.5, 0.6) is 0 Å². The number of benzene rings is 1. The number of nitrogens with zero attached hydrogens (tertiary/aromatic N) is 4. The molecular formula is C18H22N4O. The third-order valence-electron chi connectivity index (χ3n) is 4.66. The molecule has 120 valence electrons. The second kappa shape index (κ2) is 5.81. The van der Waals surface area contributed by atoms with Gasteiger partial charge in [0.25, 0.3) is 0 Å². The smallest absolute Gasteiger partial charge is 0.209 e. The number of aromatic nitrogens is 3. The first kappa shape index (κ1) is 14.5. The highest BCUT2D eigenvalue weighted by molar-refractivity contribution is 5.72. The first-order chi connectivity index (χ1) is 11.2. The van der Waals surface area contributed by atoms with Crippen LogP contribution in [0, 0.1) is 13.8 Å². The lowest BCUT2D eigenvalue weighted by Crippen LogP contribution is -2.33. The zero-order valence-corrected chi connectivity index (χ0v) is 13.7. The summed E-state index contributed by atoms with van der Waals surface area (Å²) in [6.07, 6.45) is 2.43. The number of hydrogen-bond acceptors (Lipinski definition) is 4. The van der Waals surface area contributed by atoms with Crippen LogP contribution in [0.4, 0.5) is 0 Å². The number of fused-ring (bicyclic) bond motifs is 1. The van der Waals surface area contributed by atoms with Crippen molar-refractivity contribution in [2.24, 2.45) is 0 Å². The molecule has 0 spiro atoms. The molecule has 1 unspecified atom stereocenters. The van der Waals surface area contributed by atoms with E-state index in [4.69, 9.17) is 4.42 Å². The van der Waals surface area contributed by atoms with Crippen LogP contribution in [0.2, 0.25) is 0 Å². The Morgan fingerprint density at radius 3 is 2.91 bits per heavy atom. The summed E-state index contributed by atoms with van der Waals surface area (Å²) in [5.74, 6) is 0.812. The van der Waals surface area contributed by atoms with E-state index >= 15 is 0 Å². The van der Waals surface area contributed by atoms with Crippen molar-refractivity contribution < 1.29 is 4.42 Å². The zero-order chi connectivity index (χ0) is 15.8. The summed E-state index contributed by atoms with van der Waals surface area (Å²) in [4.78, 5) is 7.08. The quantitative estimate of drug-likeness (QED) is 0.742. The van der Waals surface area contributed by atoms with Gasteiger partial charge < -0.3 is 4.42 Å². The Morgan fingerprint density at radius 1 is 1.26 bits per heavy atom. The summed E-state index contributed by atoms with van der Waals surface area (Å²) in [6.45, 7) is 7.00. The maximum absolute atomic E-state index is 5.88. The van der Waals surface area contributed by atoms with Gasteiger partial charge in [0.05, 0.1) is 18.8 Å². The molecule has 1 aromatic carbocycles.